The summed E-state index contributed by atoms with van der Waals surface area (Å²) in [5.41, 5.74) is 2.82. The second kappa shape index (κ2) is 9.97. The zero-order valence-corrected chi connectivity index (χ0v) is 19.0. The van der Waals surface area contributed by atoms with Gasteiger partial charge < -0.3 is 20.0 Å². The number of likely N-dealkylation sites (tertiary alicyclic amines) is 1. The van der Waals surface area contributed by atoms with E-state index in [1.54, 1.807) is 0 Å². The third-order valence-corrected chi connectivity index (χ3v) is 6.32. The first-order valence-corrected chi connectivity index (χ1v) is 11.5. The predicted octanol–water partition coefficient (Wildman–Crippen LogP) is 3.08. The summed E-state index contributed by atoms with van der Waals surface area (Å²) in [6.45, 7) is 8.24. The molecule has 32 heavy (non-hydrogen) atoms. The van der Waals surface area contributed by atoms with Crippen LogP contribution in [0.25, 0.3) is 0 Å². The Morgan fingerprint density at radius 2 is 1.72 bits per heavy atom. The van der Waals surface area contributed by atoms with Crippen LogP contribution in [0.4, 0.5) is 16.3 Å². The second-order valence-electron chi connectivity index (χ2n) is 8.76. The van der Waals surface area contributed by atoms with Crippen molar-refractivity contribution in [2.45, 2.75) is 33.1 Å². The van der Waals surface area contributed by atoms with Crippen LogP contribution in [0.1, 0.15) is 30.5 Å². The molecular formula is C24H32N6O2. The van der Waals surface area contributed by atoms with Crippen molar-refractivity contribution in [2.24, 2.45) is 5.92 Å². The summed E-state index contributed by atoms with van der Waals surface area (Å²) in [4.78, 5) is 31.8. The van der Waals surface area contributed by atoms with E-state index in [1.165, 1.54) is 0 Å². The van der Waals surface area contributed by atoms with Crippen LogP contribution in [-0.4, -0.2) is 71.2 Å². The van der Waals surface area contributed by atoms with Crippen LogP contribution < -0.4 is 10.2 Å². The number of rotatable bonds is 3. The summed E-state index contributed by atoms with van der Waals surface area (Å²) >= 11 is 0. The van der Waals surface area contributed by atoms with E-state index in [2.05, 4.69) is 20.4 Å². The van der Waals surface area contributed by atoms with Gasteiger partial charge in [-0.05, 0) is 62.9 Å². The van der Waals surface area contributed by atoms with Crippen LogP contribution in [0.2, 0.25) is 0 Å². The zero-order chi connectivity index (χ0) is 22.5. The van der Waals surface area contributed by atoms with Crippen molar-refractivity contribution < 1.29 is 9.59 Å². The first-order chi connectivity index (χ1) is 15.5. The van der Waals surface area contributed by atoms with E-state index < -0.39 is 0 Å². The maximum atomic E-state index is 13.2. The molecule has 0 spiro atoms. The fourth-order valence-electron chi connectivity index (χ4n) is 4.44. The molecule has 1 aromatic heterocycles. The standard InChI is InChI=1S/C24H32N6O2/c1-18-5-3-6-21(17-18)25-24(32)30-13-9-20(10-14-30)23(31)29-12-4-11-28(15-16-29)22-8-7-19(2)26-27-22/h3,5-8,17,20H,4,9-16H2,1-2H3,(H,25,32). The molecule has 3 amide bonds. The molecule has 2 aliphatic heterocycles. The Morgan fingerprint density at radius 1 is 0.906 bits per heavy atom. The molecule has 8 nitrogen and oxygen atoms in total. The van der Waals surface area contributed by atoms with Crippen molar-refractivity contribution in [3.63, 3.8) is 0 Å². The van der Waals surface area contributed by atoms with Crippen molar-refractivity contribution in [2.75, 3.05) is 49.5 Å². The fourth-order valence-corrected chi connectivity index (χ4v) is 4.44. The molecule has 2 aromatic rings. The number of aromatic nitrogens is 2. The largest absolute Gasteiger partial charge is 0.353 e. The molecule has 4 rings (SSSR count). The SMILES string of the molecule is Cc1cccc(NC(=O)N2CCC(C(=O)N3CCCN(c4ccc(C)nn4)CC3)CC2)c1. The van der Waals surface area contributed by atoms with Gasteiger partial charge in [0.1, 0.15) is 0 Å². The molecule has 2 saturated heterocycles. The molecule has 0 atom stereocenters. The number of carbonyl (C=O) groups is 2. The highest BCUT2D eigenvalue weighted by molar-refractivity contribution is 5.89. The Morgan fingerprint density at radius 3 is 2.44 bits per heavy atom. The van der Waals surface area contributed by atoms with Gasteiger partial charge in [-0.2, -0.15) is 5.10 Å². The van der Waals surface area contributed by atoms with Gasteiger partial charge in [0.25, 0.3) is 0 Å². The Kier molecular flexibility index (Phi) is 6.87. The molecule has 8 heteroatoms. The van der Waals surface area contributed by atoms with Crippen LogP contribution in [0.15, 0.2) is 36.4 Å². The van der Waals surface area contributed by atoms with Crippen LogP contribution in [0.5, 0.6) is 0 Å². The monoisotopic (exact) mass is 436 g/mol. The minimum Gasteiger partial charge on any atom is -0.353 e. The summed E-state index contributed by atoms with van der Waals surface area (Å²) in [6.07, 6.45) is 2.34. The van der Waals surface area contributed by atoms with Crippen molar-refractivity contribution in [1.82, 2.24) is 20.0 Å². The lowest BCUT2D eigenvalue weighted by atomic mass is 9.95. The normalized spacial score (nSPS) is 17.8. The quantitative estimate of drug-likeness (QED) is 0.800. The van der Waals surface area contributed by atoms with E-state index in [4.69, 9.17) is 0 Å². The average Bonchev–Trinajstić information content (AvgIpc) is 3.06. The number of nitrogens with one attached hydrogen (secondary N) is 1. The van der Waals surface area contributed by atoms with E-state index in [0.717, 1.165) is 48.8 Å². The number of hydrogen-bond donors (Lipinski definition) is 1. The number of benzene rings is 1. The number of hydrogen-bond acceptors (Lipinski definition) is 5. The third-order valence-electron chi connectivity index (χ3n) is 6.32. The molecule has 0 aliphatic carbocycles. The Bertz CT molecular complexity index is 940. The third kappa shape index (κ3) is 5.36. The minimum absolute atomic E-state index is 0.0104. The highest BCUT2D eigenvalue weighted by atomic mass is 16.2. The van der Waals surface area contributed by atoms with E-state index >= 15 is 0 Å². The molecule has 2 fully saturated rings. The Balaban J connectivity index is 1.26. The van der Waals surface area contributed by atoms with Crippen molar-refractivity contribution in [3.8, 4) is 0 Å². The molecule has 1 aromatic carbocycles. The lowest BCUT2D eigenvalue weighted by Crippen LogP contribution is -2.46. The van der Waals surface area contributed by atoms with Gasteiger partial charge in [0.15, 0.2) is 5.82 Å². The zero-order valence-electron chi connectivity index (χ0n) is 19.0. The van der Waals surface area contributed by atoms with Gasteiger partial charge in [-0.3, -0.25) is 4.79 Å². The van der Waals surface area contributed by atoms with Crippen molar-refractivity contribution >= 4 is 23.4 Å². The van der Waals surface area contributed by atoms with E-state index in [9.17, 15) is 9.59 Å². The Hall–Kier alpha value is -3.16. The van der Waals surface area contributed by atoms with Crippen LogP contribution in [0.3, 0.4) is 0 Å². The highest BCUT2D eigenvalue weighted by Crippen LogP contribution is 2.22. The predicted molar refractivity (Wildman–Crippen MR) is 125 cm³/mol. The molecule has 0 bridgehead atoms. The summed E-state index contributed by atoms with van der Waals surface area (Å²) in [6, 6.07) is 11.7. The number of aryl methyl sites for hydroxylation is 2. The number of urea groups is 1. The number of nitrogens with zero attached hydrogens (tertiary/aromatic N) is 5. The highest BCUT2D eigenvalue weighted by Gasteiger charge is 2.31. The summed E-state index contributed by atoms with van der Waals surface area (Å²) < 4.78 is 0. The molecule has 0 radical (unpaired) electrons. The lowest BCUT2D eigenvalue weighted by Gasteiger charge is -2.34. The van der Waals surface area contributed by atoms with Crippen LogP contribution >= 0.6 is 0 Å². The van der Waals surface area contributed by atoms with Crippen LogP contribution in [0, 0.1) is 19.8 Å². The van der Waals surface area contributed by atoms with Crippen molar-refractivity contribution in [1.29, 1.82) is 0 Å². The van der Waals surface area contributed by atoms with Gasteiger partial charge >= 0.3 is 6.03 Å². The fraction of sp³-hybridized carbons (Fsp3) is 0.500. The summed E-state index contributed by atoms with van der Waals surface area (Å²) in [5.74, 6) is 1.09. The second-order valence-corrected chi connectivity index (χ2v) is 8.76. The summed E-state index contributed by atoms with van der Waals surface area (Å²) in [7, 11) is 0. The number of anilines is 2. The topological polar surface area (TPSA) is 81.7 Å². The lowest BCUT2D eigenvalue weighted by molar-refractivity contribution is -0.136. The maximum Gasteiger partial charge on any atom is 0.321 e. The molecule has 0 saturated carbocycles. The first kappa shape index (κ1) is 22.0. The van der Waals surface area contributed by atoms with Crippen molar-refractivity contribution in [3.05, 3.63) is 47.7 Å². The molecule has 1 N–H and O–H groups in total. The van der Waals surface area contributed by atoms with Gasteiger partial charge in [0.05, 0.1) is 5.69 Å². The average molecular weight is 437 g/mol. The molecule has 0 unspecified atom stereocenters. The molecular weight excluding hydrogens is 404 g/mol. The van der Waals surface area contributed by atoms with Gasteiger partial charge in [-0.1, -0.05) is 12.1 Å². The minimum atomic E-state index is -0.0916. The number of amides is 3. The number of carbonyl (C=O) groups excluding carboxylic acids is 2. The van der Waals surface area contributed by atoms with Gasteiger partial charge in [0, 0.05) is 50.9 Å². The molecule has 170 valence electrons. The maximum absolute atomic E-state index is 13.2. The van der Waals surface area contributed by atoms with E-state index in [1.807, 2.05) is 60.0 Å². The van der Waals surface area contributed by atoms with Gasteiger partial charge in [0.2, 0.25) is 5.91 Å². The Labute approximate surface area is 189 Å². The smallest absolute Gasteiger partial charge is 0.321 e. The molecule has 3 heterocycles. The van der Waals surface area contributed by atoms with Crippen LogP contribution in [-0.2, 0) is 4.79 Å². The van der Waals surface area contributed by atoms with E-state index in [-0.39, 0.29) is 17.9 Å². The summed E-state index contributed by atoms with van der Waals surface area (Å²) in [5, 5.41) is 11.4. The first-order valence-electron chi connectivity index (χ1n) is 11.5. The number of piperidine rings is 1. The van der Waals surface area contributed by atoms with E-state index in [0.29, 0.717) is 32.5 Å². The van der Waals surface area contributed by atoms with Gasteiger partial charge in [-0.25, -0.2) is 4.79 Å². The van der Waals surface area contributed by atoms with Gasteiger partial charge in [-0.15, -0.1) is 5.10 Å². The molecule has 2 aliphatic rings.